The standard InChI is InChI=1S/C21H20N2/c1-3-18-5-9-20(10-6-18)15-22-13-14-23(17-22)16-21-11-7-19(4-2)8-12-21/h3-14H,1-2,15-16H2. The van der Waals surface area contributed by atoms with E-state index in [1.807, 2.05) is 12.2 Å². The molecule has 114 valence electrons. The molecular weight excluding hydrogens is 280 g/mol. The highest BCUT2D eigenvalue weighted by Gasteiger charge is 2.15. The van der Waals surface area contributed by atoms with Gasteiger partial charge in [-0.3, -0.25) is 0 Å². The van der Waals surface area contributed by atoms with Gasteiger partial charge in [0.25, 0.3) is 0 Å². The summed E-state index contributed by atoms with van der Waals surface area (Å²) in [4.78, 5) is 4.14. The Kier molecular flexibility index (Phi) is 4.62. The third-order valence-corrected chi connectivity index (χ3v) is 3.82. The van der Waals surface area contributed by atoms with Crippen LogP contribution in [-0.4, -0.2) is 9.80 Å². The molecule has 0 N–H and O–H groups in total. The van der Waals surface area contributed by atoms with Crippen LogP contribution in [-0.2, 0) is 13.1 Å². The highest BCUT2D eigenvalue weighted by molar-refractivity contribution is 5.47. The Labute approximate surface area is 138 Å². The summed E-state index contributed by atoms with van der Waals surface area (Å²) in [6, 6.07) is 16.9. The van der Waals surface area contributed by atoms with E-state index >= 15 is 0 Å². The zero-order valence-corrected chi connectivity index (χ0v) is 13.2. The second kappa shape index (κ2) is 7.01. The number of hydrogen-bond donors (Lipinski definition) is 0. The maximum atomic E-state index is 3.78. The van der Waals surface area contributed by atoms with E-state index in [1.165, 1.54) is 11.1 Å². The first-order valence-corrected chi connectivity index (χ1v) is 7.67. The second-order valence-electron chi connectivity index (χ2n) is 5.55. The van der Waals surface area contributed by atoms with E-state index in [-0.39, 0.29) is 0 Å². The van der Waals surface area contributed by atoms with Crippen LogP contribution < -0.4 is 0 Å². The molecule has 1 heterocycles. The van der Waals surface area contributed by atoms with Crippen molar-refractivity contribution < 1.29 is 0 Å². The minimum absolute atomic E-state index is 0.819. The topological polar surface area (TPSA) is 6.48 Å². The van der Waals surface area contributed by atoms with Crippen molar-refractivity contribution in [3.05, 3.63) is 103 Å². The maximum Gasteiger partial charge on any atom is 0.208 e. The van der Waals surface area contributed by atoms with Crippen LogP contribution in [0.3, 0.4) is 0 Å². The predicted octanol–water partition coefficient (Wildman–Crippen LogP) is 4.76. The lowest BCUT2D eigenvalue weighted by atomic mass is 10.1. The number of nitrogens with zero attached hydrogens (tertiary/aromatic N) is 2. The molecule has 23 heavy (non-hydrogen) atoms. The molecule has 2 aromatic rings. The summed E-state index contributed by atoms with van der Waals surface area (Å²) in [6.45, 7) is 12.6. The first-order valence-electron chi connectivity index (χ1n) is 7.67. The molecule has 0 saturated heterocycles. The van der Waals surface area contributed by atoms with Crippen LogP contribution in [0.4, 0.5) is 0 Å². The number of rotatable bonds is 6. The van der Waals surface area contributed by atoms with E-state index in [9.17, 15) is 0 Å². The summed E-state index contributed by atoms with van der Waals surface area (Å²) < 4.78 is 0. The minimum atomic E-state index is 0.819. The minimum Gasteiger partial charge on any atom is -0.342 e. The first kappa shape index (κ1) is 15.2. The zero-order chi connectivity index (χ0) is 16.1. The van der Waals surface area contributed by atoms with Gasteiger partial charge >= 0.3 is 0 Å². The second-order valence-corrected chi connectivity index (χ2v) is 5.55. The summed E-state index contributed by atoms with van der Waals surface area (Å²) in [6.07, 6.45) is 7.83. The van der Waals surface area contributed by atoms with Crippen molar-refractivity contribution in [2.24, 2.45) is 0 Å². The lowest BCUT2D eigenvalue weighted by molar-refractivity contribution is 0.334. The molecular formula is C21H20N2. The quantitative estimate of drug-likeness (QED) is 0.759. The molecule has 0 amide bonds. The van der Waals surface area contributed by atoms with E-state index in [0.29, 0.717) is 0 Å². The predicted molar refractivity (Wildman–Crippen MR) is 96.5 cm³/mol. The largest absolute Gasteiger partial charge is 0.342 e. The summed E-state index contributed by atoms with van der Waals surface area (Å²) in [7, 11) is 0. The molecule has 0 unspecified atom stereocenters. The van der Waals surface area contributed by atoms with E-state index in [4.69, 9.17) is 0 Å². The van der Waals surface area contributed by atoms with Crippen molar-refractivity contribution in [2.45, 2.75) is 13.1 Å². The average molecular weight is 300 g/mol. The van der Waals surface area contributed by atoms with Crippen LogP contribution in [0.15, 0.2) is 74.1 Å². The van der Waals surface area contributed by atoms with Crippen LogP contribution in [0.25, 0.3) is 12.2 Å². The fourth-order valence-electron chi connectivity index (χ4n) is 2.48. The summed E-state index contributed by atoms with van der Waals surface area (Å²) >= 11 is 0. The van der Waals surface area contributed by atoms with Gasteiger partial charge in [-0.25, -0.2) is 0 Å². The van der Waals surface area contributed by atoms with Crippen LogP contribution in [0.2, 0.25) is 0 Å². The zero-order valence-electron chi connectivity index (χ0n) is 13.2. The molecule has 0 atom stereocenters. The van der Waals surface area contributed by atoms with Crippen LogP contribution in [0.5, 0.6) is 0 Å². The van der Waals surface area contributed by atoms with E-state index in [1.54, 1.807) is 0 Å². The lowest BCUT2D eigenvalue weighted by Crippen LogP contribution is -2.18. The molecule has 1 aliphatic rings. The molecule has 2 radical (unpaired) electrons. The highest BCUT2D eigenvalue weighted by Crippen LogP contribution is 2.19. The lowest BCUT2D eigenvalue weighted by Gasteiger charge is -2.19. The number of hydrogen-bond acceptors (Lipinski definition) is 2. The third kappa shape index (κ3) is 3.92. The maximum absolute atomic E-state index is 3.78. The van der Waals surface area contributed by atoms with Crippen LogP contribution in [0.1, 0.15) is 22.3 Å². The molecule has 2 aromatic carbocycles. The molecule has 0 fully saturated rings. The van der Waals surface area contributed by atoms with E-state index in [2.05, 4.69) is 90.6 Å². The van der Waals surface area contributed by atoms with Crippen molar-refractivity contribution in [1.82, 2.24) is 9.80 Å². The van der Waals surface area contributed by atoms with Gasteiger partial charge in [-0.1, -0.05) is 73.8 Å². The van der Waals surface area contributed by atoms with Gasteiger partial charge in [0.05, 0.1) is 0 Å². The Balaban J connectivity index is 1.54. The Hall–Kier alpha value is -2.74. The summed E-state index contributed by atoms with van der Waals surface area (Å²) in [5, 5.41) is 0. The first-order chi connectivity index (χ1) is 11.3. The molecule has 2 nitrogen and oxygen atoms in total. The normalized spacial score (nSPS) is 13.4. The highest BCUT2D eigenvalue weighted by atomic mass is 15.3. The Morgan fingerprint density at radius 2 is 1.09 bits per heavy atom. The monoisotopic (exact) mass is 300 g/mol. The van der Waals surface area contributed by atoms with Crippen molar-refractivity contribution in [1.29, 1.82) is 0 Å². The molecule has 2 heteroatoms. The Morgan fingerprint density at radius 3 is 1.43 bits per heavy atom. The van der Waals surface area contributed by atoms with Gasteiger partial charge in [-0.15, -0.1) is 0 Å². The fraction of sp³-hybridized carbons (Fsp3) is 0.0952. The Bertz CT molecular complexity index is 634. The third-order valence-electron chi connectivity index (χ3n) is 3.82. The van der Waals surface area contributed by atoms with Crippen molar-refractivity contribution in [3.63, 3.8) is 0 Å². The van der Waals surface area contributed by atoms with Gasteiger partial charge < -0.3 is 9.80 Å². The SMILES string of the molecule is C=Cc1ccc(CN2[C]N(Cc3ccc(C=C)cc3)C=C2)cc1. The average Bonchev–Trinajstić information content (AvgIpc) is 3.03. The molecule has 0 saturated carbocycles. The molecule has 0 spiro atoms. The summed E-state index contributed by atoms with van der Waals surface area (Å²) in [5.74, 6) is 0. The van der Waals surface area contributed by atoms with Gasteiger partial charge in [0.15, 0.2) is 0 Å². The van der Waals surface area contributed by atoms with Gasteiger partial charge in [0, 0.05) is 25.5 Å². The molecule has 3 rings (SSSR count). The van der Waals surface area contributed by atoms with E-state index in [0.717, 1.165) is 24.2 Å². The van der Waals surface area contributed by atoms with Crippen LogP contribution >= 0.6 is 0 Å². The van der Waals surface area contributed by atoms with Crippen molar-refractivity contribution in [3.8, 4) is 0 Å². The van der Waals surface area contributed by atoms with Gasteiger partial charge in [0.2, 0.25) is 6.67 Å². The molecule has 1 aliphatic heterocycles. The molecule has 0 aliphatic carbocycles. The summed E-state index contributed by atoms with van der Waals surface area (Å²) in [5.41, 5.74) is 4.79. The van der Waals surface area contributed by atoms with Crippen molar-refractivity contribution >= 4 is 12.2 Å². The molecule has 0 bridgehead atoms. The van der Waals surface area contributed by atoms with E-state index < -0.39 is 0 Å². The number of benzene rings is 2. The smallest absolute Gasteiger partial charge is 0.208 e. The fourth-order valence-corrected chi connectivity index (χ4v) is 2.48. The van der Waals surface area contributed by atoms with Crippen LogP contribution in [0, 0.1) is 6.67 Å². The van der Waals surface area contributed by atoms with Gasteiger partial charge in [-0.2, -0.15) is 0 Å². The molecule has 0 aromatic heterocycles. The van der Waals surface area contributed by atoms with Gasteiger partial charge in [-0.05, 0) is 22.3 Å². The van der Waals surface area contributed by atoms with Gasteiger partial charge in [0.1, 0.15) is 0 Å². The Morgan fingerprint density at radius 1 is 0.696 bits per heavy atom. The van der Waals surface area contributed by atoms with Crippen molar-refractivity contribution in [2.75, 3.05) is 0 Å².